The smallest absolute Gasteiger partial charge is 0.0412 e. The number of hydrogen-bond acceptors (Lipinski definition) is 0. The van der Waals surface area contributed by atoms with Crippen LogP contribution in [-0.4, -0.2) is 0 Å². The maximum Gasteiger partial charge on any atom is 0.0412 e. The fraction of sp³-hybridized carbons (Fsp3) is 0. The summed E-state index contributed by atoms with van der Waals surface area (Å²) in [6.07, 6.45) is 0. The van der Waals surface area contributed by atoms with Gasteiger partial charge >= 0.3 is 0 Å². The quantitative estimate of drug-likeness (QED) is 0.292. The van der Waals surface area contributed by atoms with Gasteiger partial charge in [-0.3, -0.25) is 0 Å². The molecule has 4 aromatic rings. The average Bonchev–Trinajstić information content (AvgIpc) is 2.67. The summed E-state index contributed by atoms with van der Waals surface area (Å²) in [6, 6.07) is 29.2. The highest BCUT2D eigenvalue weighted by Gasteiger charge is 2.01. The Hall–Kier alpha value is -2.54. The van der Waals surface area contributed by atoms with Crippen LogP contribution in [0.5, 0.6) is 0 Å². The van der Waals surface area contributed by atoms with Gasteiger partial charge in [-0.2, -0.15) is 0 Å². The van der Waals surface area contributed by atoms with Crippen molar-refractivity contribution in [3.63, 3.8) is 0 Å². The Labute approximate surface area is 159 Å². The predicted molar refractivity (Wildman–Crippen MR) is 106 cm³/mol. The number of hydrogen-bond donors (Lipinski definition) is 0. The summed E-state index contributed by atoms with van der Waals surface area (Å²) in [4.78, 5) is 0. The minimum atomic E-state index is 0.743. The fourth-order valence-electron chi connectivity index (χ4n) is 3.85. The van der Waals surface area contributed by atoms with Gasteiger partial charge in [-0.25, -0.2) is 0 Å². The lowest BCUT2D eigenvalue weighted by Gasteiger charge is -2.03. The zero-order valence-electron chi connectivity index (χ0n) is 13.8. The van der Waals surface area contributed by atoms with Crippen molar-refractivity contribution >= 4 is 23.2 Å². The minimum Gasteiger partial charge on any atom is -0.0843 e. The molecule has 0 nitrogen and oxygen atoms in total. The first-order chi connectivity index (χ1) is 12.7. The van der Waals surface area contributed by atoms with Crippen LogP contribution >= 0.6 is 23.2 Å². The Balaban J connectivity index is 2.44. The van der Waals surface area contributed by atoms with Crippen molar-refractivity contribution in [2.45, 2.75) is 0 Å². The van der Waals surface area contributed by atoms with Gasteiger partial charge in [0.05, 0.1) is 0 Å². The lowest BCUT2D eigenvalue weighted by Crippen LogP contribution is -1.89. The van der Waals surface area contributed by atoms with Crippen molar-refractivity contribution in [3.8, 4) is 0 Å². The zero-order valence-corrected chi connectivity index (χ0v) is 15.4. The molecule has 1 aliphatic rings. The van der Waals surface area contributed by atoms with Crippen LogP contribution in [-0.2, 0) is 0 Å². The summed E-state index contributed by atoms with van der Waals surface area (Å²) in [7, 11) is 0. The summed E-state index contributed by atoms with van der Waals surface area (Å²) < 4.78 is 0. The van der Waals surface area contributed by atoms with Gasteiger partial charge in [0.1, 0.15) is 0 Å². The largest absolute Gasteiger partial charge is 0.0843 e. The SMILES string of the molecule is Clc1ccc2/c(c1)=c1/cccc/c1=c1\ccc(Cl)c\c1=c1/cccc/c1=2. The molecule has 0 saturated heterocycles. The minimum absolute atomic E-state index is 0.743. The van der Waals surface area contributed by atoms with Crippen LogP contribution in [0.4, 0.5) is 0 Å². The molecule has 0 heterocycles. The van der Waals surface area contributed by atoms with Gasteiger partial charge in [0.15, 0.2) is 0 Å². The monoisotopic (exact) mass is 372 g/mol. The van der Waals surface area contributed by atoms with E-state index in [1.54, 1.807) is 0 Å². The molecule has 0 aliphatic heterocycles. The van der Waals surface area contributed by atoms with Crippen LogP contribution in [0.25, 0.3) is 0 Å². The number of fused-ring (bicyclic) bond motifs is 4. The van der Waals surface area contributed by atoms with Gasteiger partial charge in [-0.05, 0) is 66.0 Å². The van der Waals surface area contributed by atoms with Gasteiger partial charge in [-0.15, -0.1) is 0 Å². The highest BCUT2D eigenvalue weighted by atomic mass is 35.5. The standard InChI is InChI=1S/C24H14Cl2/c25-15-9-11-21-17-5-1-3-7-19(17)23-13-16(26)10-12-22(23)18-6-2-4-8-20(18)24(21)14-15/h1-14H/b21-17-,22-18-,23-19-,24-20-. The number of halogens is 2. The second-order valence-electron chi connectivity index (χ2n) is 6.47. The first-order valence-corrected chi connectivity index (χ1v) is 9.26. The molecule has 0 atom stereocenters. The predicted octanol–water partition coefficient (Wildman–Crippen LogP) is 6.45. The van der Waals surface area contributed by atoms with E-state index in [1.165, 1.54) is 31.3 Å². The van der Waals surface area contributed by atoms with Crippen LogP contribution in [0.2, 0.25) is 10.0 Å². The van der Waals surface area contributed by atoms with Gasteiger partial charge < -0.3 is 0 Å². The van der Waals surface area contributed by atoms with E-state index in [1.807, 2.05) is 12.1 Å². The number of benzene rings is 4. The molecule has 0 spiro atoms. The molecule has 0 fully saturated rings. The Kier molecular flexibility index (Phi) is 3.63. The van der Waals surface area contributed by atoms with E-state index in [0.29, 0.717) is 0 Å². The van der Waals surface area contributed by atoms with Crippen LogP contribution in [0.15, 0.2) is 84.9 Å². The van der Waals surface area contributed by atoms with Crippen molar-refractivity contribution in [2.75, 3.05) is 0 Å². The van der Waals surface area contributed by atoms with E-state index < -0.39 is 0 Å². The molecule has 0 N–H and O–H groups in total. The Morgan fingerprint density at radius 1 is 0.346 bits per heavy atom. The average molecular weight is 373 g/mol. The second kappa shape index (κ2) is 6.02. The first kappa shape index (κ1) is 15.7. The van der Waals surface area contributed by atoms with Crippen LogP contribution in [0.3, 0.4) is 0 Å². The highest BCUT2D eigenvalue weighted by Crippen LogP contribution is 2.17. The van der Waals surface area contributed by atoms with Crippen molar-refractivity contribution in [2.24, 2.45) is 0 Å². The summed E-state index contributed by atoms with van der Waals surface area (Å²) in [6.45, 7) is 0. The van der Waals surface area contributed by atoms with E-state index in [0.717, 1.165) is 20.5 Å². The molecule has 0 radical (unpaired) electrons. The molecule has 1 aliphatic carbocycles. The Bertz CT molecular complexity index is 1430. The van der Waals surface area contributed by atoms with Crippen molar-refractivity contribution in [1.29, 1.82) is 0 Å². The summed E-state index contributed by atoms with van der Waals surface area (Å²) in [5.74, 6) is 0. The summed E-state index contributed by atoms with van der Waals surface area (Å²) >= 11 is 12.7. The Morgan fingerprint density at radius 3 is 1.04 bits per heavy atom. The van der Waals surface area contributed by atoms with Gasteiger partial charge in [0.2, 0.25) is 0 Å². The van der Waals surface area contributed by atoms with Crippen LogP contribution in [0.1, 0.15) is 0 Å². The van der Waals surface area contributed by atoms with Gasteiger partial charge in [0.25, 0.3) is 0 Å². The van der Waals surface area contributed by atoms with E-state index in [9.17, 15) is 0 Å². The van der Waals surface area contributed by atoms with Gasteiger partial charge in [-0.1, -0.05) is 83.9 Å². The Morgan fingerprint density at radius 2 is 0.654 bits per heavy atom. The lowest BCUT2D eigenvalue weighted by atomic mass is 10.0. The molecule has 0 aromatic heterocycles. The maximum atomic E-state index is 6.37. The zero-order chi connectivity index (χ0) is 17.7. The molecular formula is C24H14Cl2. The third-order valence-electron chi connectivity index (χ3n) is 4.98. The third-order valence-corrected chi connectivity index (χ3v) is 5.45. The molecule has 2 heteroatoms. The van der Waals surface area contributed by atoms with Crippen LogP contribution < -0.4 is 0 Å². The highest BCUT2D eigenvalue weighted by molar-refractivity contribution is 6.30. The molecule has 0 bridgehead atoms. The molecule has 4 aromatic carbocycles. The topological polar surface area (TPSA) is 0 Å². The second-order valence-corrected chi connectivity index (χ2v) is 7.34. The third kappa shape index (κ3) is 2.38. The maximum absolute atomic E-state index is 6.37. The molecule has 26 heavy (non-hydrogen) atoms. The molecule has 0 unspecified atom stereocenters. The van der Waals surface area contributed by atoms with E-state index in [2.05, 4.69) is 72.8 Å². The number of rotatable bonds is 0. The molecule has 0 amide bonds. The van der Waals surface area contributed by atoms with Crippen molar-refractivity contribution < 1.29 is 0 Å². The summed E-state index contributed by atoms with van der Waals surface area (Å²) in [5, 5.41) is 10.9. The fourth-order valence-corrected chi connectivity index (χ4v) is 4.20. The lowest BCUT2D eigenvalue weighted by molar-refractivity contribution is 1.29. The molecule has 0 saturated carbocycles. The molecular weight excluding hydrogens is 359 g/mol. The van der Waals surface area contributed by atoms with E-state index >= 15 is 0 Å². The van der Waals surface area contributed by atoms with Crippen molar-refractivity contribution in [3.05, 3.63) is 137 Å². The molecule has 5 rings (SSSR count). The van der Waals surface area contributed by atoms with Crippen LogP contribution in [0, 0.1) is 41.7 Å². The normalized spacial score (nSPS) is 17.0. The van der Waals surface area contributed by atoms with E-state index in [-0.39, 0.29) is 0 Å². The summed E-state index contributed by atoms with van der Waals surface area (Å²) in [5.41, 5.74) is 0. The van der Waals surface area contributed by atoms with Gasteiger partial charge in [0, 0.05) is 10.0 Å². The van der Waals surface area contributed by atoms with Crippen molar-refractivity contribution in [1.82, 2.24) is 0 Å². The molecule has 124 valence electrons. The first-order valence-electron chi connectivity index (χ1n) is 8.51. The van der Waals surface area contributed by atoms with E-state index in [4.69, 9.17) is 23.2 Å².